The molecule has 1 aliphatic heterocycles. The average Bonchev–Trinajstić information content (AvgIpc) is 3.39. The van der Waals surface area contributed by atoms with Gasteiger partial charge < -0.3 is 5.32 Å². The van der Waals surface area contributed by atoms with Gasteiger partial charge in [0.1, 0.15) is 29.1 Å². The number of fused-ring (bicyclic) bond motifs is 2. The molecule has 4 aromatic rings. The Morgan fingerprint density at radius 1 is 1.08 bits per heavy atom. The van der Waals surface area contributed by atoms with Crippen molar-refractivity contribution in [3.8, 4) is 11.5 Å². The molecule has 36 heavy (non-hydrogen) atoms. The number of aryl methyl sites for hydroxylation is 1. The van der Waals surface area contributed by atoms with Crippen LogP contribution in [-0.2, 0) is 16.6 Å². The van der Waals surface area contributed by atoms with Gasteiger partial charge in [-0.2, -0.15) is 27.1 Å². The fraction of sp³-hybridized carbons (Fsp3) is 0.273. The lowest BCUT2D eigenvalue weighted by Crippen LogP contribution is -2.36. The second-order valence-corrected chi connectivity index (χ2v) is 8.35. The van der Waals surface area contributed by atoms with Crippen LogP contribution in [0.25, 0.3) is 17.2 Å². The number of anilines is 1. The summed E-state index contributed by atoms with van der Waals surface area (Å²) in [6, 6.07) is 5.40. The summed E-state index contributed by atoms with van der Waals surface area (Å²) in [6.07, 6.45) is -4.16. The van der Waals surface area contributed by atoms with Crippen LogP contribution in [0, 0.1) is 5.82 Å². The average molecular weight is 509 g/mol. The van der Waals surface area contributed by atoms with Gasteiger partial charge in [-0.25, -0.2) is 28.8 Å². The first kappa shape index (κ1) is 23.6. The summed E-state index contributed by atoms with van der Waals surface area (Å²) < 4.78 is 79.4. The summed E-state index contributed by atoms with van der Waals surface area (Å²) in [6.45, 7) is 1.63. The van der Waals surface area contributed by atoms with E-state index < -0.39 is 42.1 Å². The van der Waals surface area contributed by atoms with Gasteiger partial charge >= 0.3 is 12.1 Å². The van der Waals surface area contributed by atoms with E-state index in [-0.39, 0.29) is 30.1 Å². The van der Waals surface area contributed by atoms with E-state index >= 15 is 0 Å². The maximum absolute atomic E-state index is 13.5. The van der Waals surface area contributed by atoms with Gasteiger partial charge in [-0.1, -0.05) is 12.1 Å². The summed E-state index contributed by atoms with van der Waals surface area (Å²) in [5.41, 5.74) is -0.417. The van der Waals surface area contributed by atoms with Crippen molar-refractivity contribution in [2.45, 2.75) is 37.3 Å². The van der Waals surface area contributed by atoms with E-state index in [2.05, 4.69) is 30.4 Å². The molecule has 14 heteroatoms. The zero-order valence-corrected chi connectivity index (χ0v) is 18.3. The number of hydrogen-bond acceptors (Lipinski definition) is 6. The Bertz CT molecular complexity index is 1490. The molecule has 5 rings (SSSR count). The van der Waals surface area contributed by atoms with Gasteiger partial charge in [0.15, 0.2) is 11.5 Å². The fourth-order valence-electron chi connectivity index (χ4n) is 3.97. The summed E-state index contributed by atoms with van der Waals surface area (Å²) in [4.78, 5) is 29.5. The number of benzene rings is 1. The standard InChI is InChI=1S/C22H15F6N7O.H2/c1-20(11-2-4-12(23)5-3-11)13-8-29-17(33-16(13)34-19(20)36)15-9-35-18(30-10-31-35)14(32-15)6-7-21(24,25)22(26,27)28;/h2-5,8-10H,6-7H2,1H3,(H,29,33,34,36);1H/t20-;/m0./s1. The molecule has 1 amide bonds. The Balaban J connectivity index is 0.00000320. The van der Waals surface area contributed by atoms with Crippen molar-refractivity contribution in [2.24, 2.45) is 0 Å². The number of alkyl halides is 5. The number of nitrogens with one attached hydrogen (secondary N) is 1. The Morgan fingerprint density at radius 3 is 2.50 bits per heavy atom. The van der Waals surface area contributed by atoms with Crippen molar-refractivity contribution in [1.82, 2.24) is 29.5 Å². The lowest BCUT2D eigenvalue weighted by molar-refractivity contribution is -0.284. The van der Waals surface area contributed by atoms with E-state index in [1.807, 2.05) is 0 Å². The van der Waals surface area contributed by atoms with Gasteiger partial charge in [0.05, 0.1) is 11.9 Å². The van der Waals surface area contributed by atoms with Crippen molar-refractivity contribution < 1.29 is 32.6 Å². The van der Waals surface area contributed by atoms with Crippen LogP contribution in [0.2, 0.25) is 0 Å². The fourth-order valence-corrected chi connectivity index (χ4v) is 3.97. The minimum Gasteiger partial charge on any atom is -0.309 e. The Hall–Kier alpha value is -4.10. The second-order valence-electron chi connectivity index (χ2n) is 8.35. The molecular formula is C22H17F6N7O. The Labute approximate surface area is 199 Å². The number of carbonyl (C=O) groups excluding carboxylic acids is 1. The molecule has 0 radical (unpaired) electrons. The second kappa shape index (κ2) is 7.96. The number of carbonyl (C=O) groups is 1. The van der Waals surface area contributed by atoms with Crippen molar-refractivity contribution in [3.63, 3.8) is 0 Å². The summed E-state index contributed by atoms with van der Waals surface area (Å²) in [7, 11) is 0. The van der Waals surface area contributed by atoms with Crippen molar-refractivity contribution in [3.05, 3.63) is 65.6 Å². The molecule has 8 nitrogen and oxygen atoms in total. The van der Waals surface area contributed by atoms with Crippen LogP contribution < -0.4 is 5.32 Å². The number of rotatable bonds is 5. The van der Waals surface area contributed by atoms with Gasteiger partial charge in [0.2, 0.25) is 5.91 Å². The number of aromatic nitrogens is 6. The van der Waals surface area contributed by atoms with Crippen LogP contribution >= 0.6 is 0 Å². The molecule has 1 N–H and O–H groups in total. The minimum atomic E-state index is -5.70. The van der Waals surface area contributed by atoms with E-state index in [0.29, 0.717) is 11.1 Å². The van der Waals surface area contributed by atoms with Gasteiger partial charge in [-0.3, -0.25) is 4.79 Å². The third-order valence-electron chi connectivity index (χ3n) is 6.09. The number of hydrogen-bond donors (Lipinski definition) is 1. The van der Waals surface area contributed by atoms with Crippen LogP contribution in [0.3, 0.4) is 0 Å². The number of halogens is 6. The SMILES string of the molecule is C[C@@]1(c2ccc(F)cc2)C(=O)Nc2nc(-c3cn4ncnc4c(CCC(F)(F)C(F)(F)F)n3)ncc21.[HH]. The molecular weight excluding hydrogens is 492 g/mol. The van der Waals surface area contributed by atoms with Gasteiger partial charge in [-0.15, -0.1) is 0 Å². The molecule has 1 aromatic carbocycles. The highest BCUT2D eigenvalue weighted by atomic mass is 19.4. The summed E-state index contributed by atoms with van der Waals surface area (Å²) in [5.74, 6) is -5.68. The summed E-state index contributed by atoms with van der Waals surface area (Å²) in [5, 5.41) is 6.56. The molecule has 0 saturated heterocycles. The first-order valence-electron chi connectivity index (χ1n) is 10.5. The number of amides is 1. The molecule has 0 bridgehead atoms. The molecule has 0 saturated carbocycles. The monoisotopic (exact) mass is 509 g/mol. The van der Waals surface area contributed by atoms with Crippen LogP contribution in [0.4, 0.5) is 32.2 Å². The summed E-state index contributed by atoms with van der Waals surface area (Å²) >= 11 is 0. The van der Waals surface area contributed by atoms with Crippen molar-refractivity contribution in [2.75, 3.05) is 5.32 Å². The topological polar surface area (TPSA) is 98.0 Å². The highest BCUT2D eigenvalue weighted by Gasteiger charge is 2.56. The first-order valence-corrected chi connectivity index (χ1v) is 10.5. The van der Waals surface area contributed by atoms with Gasteiger partial charge in [-0.05, 0) is 31.0 Å². The Morgan fingerprint density at radius 2 is 1.81 bits per heavy atom. The lowest BCUT2D eigenvalue weighted by atomic mass is 9.78. The van der Waals surface area contributed by atoms with Crippen LogP contribution in [0.1, 0.15) is 31.6 Å². The van der Waals surface area contributed by atoms with Crippen LogP contribution in [-0.4, -0.2) is 47.6 Å². The minimum absolute atomic E-state index is 0. The van der Waals surface area contributed by atoms with Crippen LogP contribution in [0.15, 0.2) is 43.0 Å². The normalized spacial score (nSPS) is 17.9. The molecule has 4 heterocycles. The van der Waals surface area contributed by atoms with Gasteiger partial charge in [0.25, 0.3) is 0 Å². The predicted octanol–water partition coefficient (Wildman–Crippen LogP) is 4.35. The third kappa shape index (κ3) is 3.72. The molecule has 3 aromatic heterocycles. The zero-order valence-electron chi connectivity index (χ0n) is 18.3. The van der Waals surface area contributed by atoms with E-state index in [1.54, 1.807) is 6.92 Å². The maximum atomic E-state index is 13.5. The van der Waals surface area contributed by atoms with E-state index in [1.165, 1.54) is 41.2 Å². The lowest BCUT2D eigenvalue weighted by Gasteiger charge is -2.22. The highest BCUT2D eigenvalue weighted by Crippen LogP contribution is 2.42. The quantitative estimate of drug-likeness (QED) is 0.402. The Kier molecular flexibility index (Phi) is 5.23. The van der Waals surface area contributed by atoms with E-state index in [4.69, 9.17) is 0 Å². The van der Waals surface area contributed by atoms with Crippen molar-refractivity contribution in [1.29, 1.82) is 0 Å². The first-order chi connectivity index (χ1) is 16.9. The predicted molar refractivity (Wildman–Crippen MR) is 115 cm³/mol. The molecule has 0 unspecified atom stereocenters. The largest absolute Gasteiger partial charge is 0.453 e. The molecule has 0 spiro atoms. The highest BCUT2D eigenvalue weighted by molar-refractivity contribution is 6.07. The molecule has 0 aliphatic carbocycles. The molecule has 1 aliphatic rings. The van der Waals surface area contributed by atoms with E-state index in [9.17, 15) is 31.1 Å². The zero-order chi connectivity index (χ0) is 25.9. The molecule has 0 fully saturated rings. The van der Waals surface area contributed by atoms with Crippen molar-refractivity contribution >= 4 is 17.4 Å². The number of nitrogens with zero attached hydrogens (tertiary/aromatic N) is 6. The third-order valence-corrected chi connectivity index (χ3v) is 6.09. The molecule has 1 atom stereocenters. The maximum Gasteiger partial charge on any atom is 0.453 e. The van der Waals surface area contributed by atoms with Crippen LogP contribution in [0.5, 0.6) is 0 Å². The van der Waals surface area contributed by atoms with E-state index in [0.717, 1.165) is 6.33 Å². The molecule has 188 valence electrons. The smallest absolute Gasteiger partial charge is 0.309 e. The van der Waals surface area contributed by atoms with Gasteiger partial charge in [0, 0.05) is 19.6 Å².